The fourth-order valence-electron chi connectivity index (χ4n) is 4.56. The summed E-state index contributed by atoms with van der Waals surface area (Å²) in [6.45, 7) is 16.4. The minimum Gasteiger partial charge on any atom is -0.464 e. The molecule has 1 aromatic heterocycles. The van der Waals surface area contributed by atoms with E-state index in [1.54, 1.807) is 6.92 Å². The fourth-order valence-corrected chi connectivity index (χ4v) is 4.73. The Morgan fingerprint density at radius 1 is 1.06 bits per heavy atom. The molecule has 0 spiro atoms. The fraction of sp³-hybridized carbons (Fsp3) is 0.500. The van der Waals surface area contributed by atoms with E-state index in [0.717, 1.165) is 35.1 Å². The van der Waals surface area contributed by atoms with Crippen molar-refractivity contribution in [3.63, 3.8) is 0 Å². The maximum absolute atomic E-state index is 13.0. The van der Waals surface area contributed by atoms with Crippen LogP contribution in [0.15, 0.2) is 52.9 Å². The van der Waals surface area contributed by atoms with Crippen molar-refractivity contribution in [1.82, 2.24) is 5.32 Å². The zero-order chi connectivity index (χ0) is 26.7. The Bertz CT molecular complexity index is 1190. The molecule has 0 fully saturated rings. The summed E-state index contributed by atoms with van der Waals surface area (Å²) in [5.74, 6) is 1.36. The summed E-state index contributed by atoms with van der Waals surface area (Å²) in [5, 5.41) is 3.01. The van der Waals surface area contributed by atoms with Gasteiger partial charge in [0.25, 0.3) is 0 Å². The Morgan fingerprint density at radius 3 is 2.39 bits per heavy atom. The molecule has 0 aliphatic heterocycles. The van der Waals surface area contributed by atoms with Gasteiger partial charge < -0.3 is 13.9 Å². The van der Waals surface area contributed by atoms with Gasteiger partial charge in [0.15, 0.2) is 0 Å². The second-order valence-corrected chi connectivity index (χ2v) is 12.3. The Hall–Kier alpha value is -2.44. The van der Waals surface area contributed by atoms with E-state index in [1.807, 2.05) is 37.3 Å². The van der Waals surface area contributed by atoms with Gasteiger partial charge in [-0.2, -0.15) is 0 Å². The number of carbonyl (C=O) groups excluding carboxylic acids is 1. The van der Waals surface area contributed by atoms with Gasteiger partial charge in [-0.3, -0.25) is 4.79 Å². The molecule has 36 heavy (non-hydrogen) atoms. The lowest BCUT2D eigenvalue weighted by atomic mass is 9.69. The number of carbonyl (C=O) groups is 1. The molecule has 0 saturated carbocycles. The first-order chi connectivity index (χ1) is 16.7. The first-order valence-electron chi connectivity index (χ1n) is 12.7. The van der Waals surface area contributed by atoms with Gasteiger partial charge in [0.1, 0.15) is 23.8 Å². The van der Waals surface area contributed by atoms with Crippen LogP contribution in [0.5, 0.6) is 5.75 Å². The molecule has 2 aromatic carbocycles. The Balaban J connectivity index is 1.66. The Morgan fingerprint density at radius 2 is 1.75 bits per heavy atom. The largest absolute Gasteiger partial charge is 0.464 e. The van der Waals surface area contributed by atoms with Crippen LogP contribution in [-0.2, 0) is 16.0 Å². The number of hydrogen-bond acceptors (Lipinski definition) is 6. The van der Waals surface area contributed by atoms with Crippen LogP contribution in [0.3, 0.4) is 0 Å². The van der Waals surface area contributed by atoms with Crippen LogP contribution >= 0.6 is 12.6 Å². The van der Waals surface area contributed by atoms with Crippen molar-refractivity contribution in [2.24, 2.45) is 16.7 Å². The van der Waals surface area contributed by atoms with Crippen molar-refractivity contribution in [3.8, 4) is 17.1 Å². The number of nitrogens with one attached hydrogen (secondary N) is 1. The number of esters is 1. The summed E-state index contributed by atoms with van der Waals surface area (Å²) in [6.07, 6.45) is 1.67. The van der Waals surface area contributed by atoms with Crippen molar-refractivity contribution >= 4 is 29.6 Å². The zero-order valence-corrected chi connectivity index (χ0v) is 23.8. The van der Waals surface area contributed by atoms with Crippen molar-refractivity contribution in [3.05, 3.63) is 54.1 Å². The molecule has 0 aliphatic carbocycles. The molecule has 196 valence electrons. The molecule has 0 amide bonds. The lowest BCUT2D eigenvalue weighted by molar-refractivity contribution is -0.161. The van der Waals surface area contributed by atoms with Gasteiger partial charge in [0, 0.05) is 17.0 Å². The number of furan rings is 1. The molecule has 5 nitrogen and oxygen atoms in total. The van der Waals surface area contributed by atoms with Crippen LogP contribution in [0.1, 0.15) is 67.4 Å². The minimum absolute atomic E-state index is 0.00771. The summed E-state index contributed by atoms with van der Waals surface area (Å²) < 4.78 is 17.9. The molecule has 1 N–H and O–H groups in total. The summed E-state index contributed by atoms with van der Waals surface area (Å²) in [4.78, 5) is 13.0. The van der Waals surface area contributed by atoms with Gasteiger partial charge in [0.2, 0.25) is 5.06 Å². The number of aryl methyl sites for hydroxylation is 1. The third-order valence-corrected chi connectivity index (χ3v) is 6.96. The Kier molecular flexibility index (Phi) is 8.51. The van der Waals surface area contributed by atoms with E-state index in [-0.39, 0.29) is 24.0 Å². The van der Waals surface area contributed by atoms with E-state index in [2.05, 4.69) is 77.7 Å². The number of hydrogen-bond donors (Lipinski definition) is 2. The number of benzene rings is 2. The van der Waals surface area contributed by atoms with E-state index in [0.29, 0.717) is 5.75 Å². The molecular weight excluding hydrogens is 470 g/mol. The molecule has 0 saturated heterocycles. The third kappa shape index (κ3) is 6.86. The van der Waals surface area contributed by atoms with Gasteiger partial charge in [0.05, 0.1) is 5.41 Å². The average Bonchev–Trinajstić information content (AvgIpc) is 3.20. The Labute approximate surface area is 221 Å². The van der Waals surface area contributed by atoms with E-state index in [1.165, 1.54) is 5.56 Å². The van der Waals surface area contributed by atoms with Gasteiger partial charge in [-0.25, -0.2) is 5.32 Å². The number of thiol groups is 1. The van der Waals surface area contributed by atoms with Crippen LogP contribution in [0.2, 0.25) is 0 Å². The van der Waals surface area contributed by atoms with E-state index in [4.69, 9.17) is 13.9 Å². The molecule has 6 heteroatoms. The van der Waals surface area contributed by atoms with Crippen molar-refractivity contribution in [2.45, 2.75) is 73.3 Å². The first kappa shape index (κ1) is 28.1. The SMILES string of the molecule is CCc1ccccc1-c1cc2ccc(OC(C)(S)NCOC(=O)C(C)(CC(C)(C)C)C(C)C)cc2o1. The van der Waals surface area contributed by atoms with Gasteiger partial charge in [-0.15, -0.1) is 12.6 Å². The summed E-state index contributed by atoms with van der Waals surface area (Å²) in [6, 6.07) is 16.0. The van der Waals surface area contributed by atoms with Gasteiger partial charge >= 0.3 is 5.97 Å². The lowest BCUT2D eigenvalue weighted by Crippen LogP contribution is -2.46. The van der Waals surface area contributed by atoms with Crippen LogP contribution in [0.25, 0.3) is 22.3 Å². The number of ether oxygens (including phenoxy) is 2. The summed E-state index contributed by atoms with van der Waals surface area (Å²) in [5.41, 5.74) is 2.51. The van der Waals surface area contributed by atoms with Crippen molar-refractivity contribution < 1.29 is 18.7 Å². The highest BCUT2D eigenvalue weighted by molar-refractivity contribution is 7.81. The number of rotatable bonds is 10. The highest BCUT2D eigenvalue weighted by Crippen LogP contribution is 2.40. The molecular formula is C30H41NO4S. The highest BCUT2D eigenvalue weighted by Gasteiger charge is 2.41. The van der Waals surface area contributed by atoms with E-state index >= 15 is 0 Å². The quantitative estimate of drug-likeness (QED) is 0.165. The molecule has 2 unspecified atom stereocenters. The van der Waals surface area contributed by atoms with Crippen LogP contribution in [0.4, 0.5) is 0 Å². The van der Waals surface area contributed by atoms with E-state index in [9.17, 15) is 4.79 Å². The van der Waals surface area contributed by atoms with Crippen molar-refractivity contribution in [1.29, 1.82) is 0 Å². The van der Waals surface area contributed by atoms with E-state index < -0.39 is 10.5 Å². The van der Waals surface area contributed by atoms with Crippen LogP contribution in [0, 0.1) is 16.7 Å². The number of fused-ring (bicyclic) bond motifs is 1. The summed E-state index contributed by atoms with van der Waals surface area (Å²) >= 11 is 4.61. The monoisotopic (exact) mass is 511 g/mol. The zero-order valence-electron chi connectivity index (χ0n) is 22.9. The molecule has 0 aliphatic rings. The normalized spacial score (nSPS) is 15.5. The standard InChI is InChI=1S/C30H41NO4S/c1-9-21-12-10-11-13-24(21)26-16-22-14-15-23(17-25(22)34-26)35-30(8,36)31-19-33-27(32)29(7,20(2)3)18-28(4,5)6/h10-17,20,31,36H,9,18-19H2,1-8H3. The smallest absolute Gasteiger partial charge is 0.313 e. The van der Waals surface area contributed by atoms with Gasteiger partial charge in [-0.05, 0) is 61.8 Å². The van der Waals surface area contributed by atoms with Crippen LogP contribution in [-0.4, -0.2) is 17.8 Å². The molecule has 3 rings (SSSR count). The predicted octanol–water partition coefficient (Wildman–Crippen LogP) is 7.83. The second kappa shape index (κ2) is 10.9. The maximum Gasteiger partial charge on any atom is 0.313 e. The molecule has 2 atom stereocenters. The predicted molar refractivity (Wildman–Crippen MR) is 150 cm³/mol. The summed E-state index contributed by atoms with van der Waals surface area (Å²) in [7, 11) is 0. The molecule has 0 radical (unpaired) electrons. The minimum atomic E-state index is -1.06. The third-order valence-electron chi connectivity index (χ3n) is 6.71. The van der Waals surface area contributed by atoms with Crippen LogP contribution < -0.4 is 10.1 Å². The van der Waals surface area contributed by atoms with Crippen molar-refractivity contribution in [2.75, 3.05) is 6.73 Å². The lowest BCUT2D eigenvalue weighted by Gasteiger charge is -2.37. The molecule has 3 aromatic rings. The topological polar surface area (TPSA) is 60.7 Å². The molecule has 1 heterocycles. The molecule has 0 bridgehead atoms. The maximum atomic E-state index is 13.0. The average molecular weight is 512 g/mol. The van der Waals surface area contributed by atoms with Gasteiger partial charge in [-0.1, -0.05) is 65.8 Å². The first-order valence-corrected chi connectivity index (χ1v) is 13.1. The highest BCUT2D eigenvalue weighted by atomic mass is 32.1. The second-order valence-electron chi connectivity index (χ2n) is 11.5.